The molecule has 0 aromatic heterocycles. The number of hydrogen-bond acceptors (Lipinski definition) is 4. The average Bonchev–Trinajstić information content (AvgIpc) is 3.14. The molecule has 0 bridgehead atoms. The molecule has 0 amide bonds. The van der Waals surface area contributed by atoms with E-state index in [-0.39, 0.29) is 5.75 Å². The molecule has 28 heavy (non-hydrogen) atoms. The second kappa shape index (κ2) is 9.57. The largest absolute Gasteiger partial charge is 0.254 e. The van der Waals surface area contributed by atoms with Gasteiger partial charge in [-0.15, -0.1) is 0 Å². The van der Waals surface area contributed by atoms with Crippen molar-refractivity contribution in [2.24, 2.45) is 0 Å². The van der Waals surface area contributed by atoms with Crippen molar-refractivity contribution in [3.8, 4) is 0 Å². The zero-order valence-electron chi connectivity index (χ0n) is 15.7. The highest BCUT2D eigenvalue weighted by molar-refractivity contribution is 7.88. The Labute approximate surface area is 177 Å². The summed E-state index contributed by atoms with van der Waals surface area (Å²) < 4.78 is 26.6. The van der Waals surface area contributed by atoms with E-state index in [1.54, 1.807) is 25.2 Å². The van der Waals surface area contributed by atoms with E-state index in [1.165, 1.54) is 9.87 Å². The fraction of sp³-hybridized carbons (Fsp3) is 0.400. The van der Waals surface area contributed by atoms with Gasteiger partial charge in [0.1, 0.15) is 0 Å². The van der Waals surface area contributed by atoms with Crippen molar-refractivity contribution in [3.63, 3.8) is 0 Å². The zero-order valence-corrected chi connectivity index (χ0v) is 18.1. The molecule has 2 unspecified atom stereocenters. The molecule has 1 saturated heterocycles. The molecule has 2 N–H and O–H groups in total. The number of nitrogens with one attached hydrogen (secondary N) is 2. The molecule has 1 aliphatic rings. The van der Waals surface area contributed by atoms with E-state index in [1.807, 2.05) is 18.2 Å². The first-order chi connectivity index (χ1) is 13.3. The van der Waals surface area contributed by atoms with Gasteiger partial charge >= 0.3 is 0 Å². The summed E-state index contributed by atoms with van der Waals surface area (Å²) in [5, 5.41) is 0.785. The third-order valence-electron chi connectivity index (χ3n) is 5.02. The molecule has 152 valence electrons. The summed E-state index contributed by atoms with van der Waals surface area (Å²) >= 11 is 11.9. The maximum absolute atomic E-state index is 12.6. The number of benzene rings is 2. The Balaban J connectivity index is 1.46. The molecule has 2 aromatic carbocycles. The SMILES string of the molecule is CN(CCCC1CC(c2ccccc2)NN1)S(=O)(=O)Cc1ccc(Cl)c(Cl)c1. The second-order valence-corrected chi connectivity index (χ2v) is 10.0. The van der Waals surface area contributed by atoms with Gasteiger partial charge in [-0.25, -0.2) is 12.7 Å². The minimum atomic E-state index is -3.40. The van der Waals surface area contributed by atoms with Crippen molar-refractivity contribution in [2.45, 2.75) is 37.1 Å². The van der Waals surface area contributed by atoms with Crippen LogP contribution in [-0.2, 0) is 15.8 Å². The predicted octanol–water partition coefficient (Wildman–Crippen LogP) is 4.14. The summed E-state index contributed by atoms with van der Waals surface area (Å²) in [6.45, 7) is 0.484. The lowest BCUT2D eigenvalue weighted by atomic mass is 10.00. The van der Waals surface area contributed by atoms with Gasteiger partial charge in [0.15, 0.2) is 0 Å². The fourth-order valence-electron chi connectivity index (χ4n) is 3.37. The minimum absolute atomic E-state index is 0.0836. The molecule has 3 rings (SSSR count). The van der Waals surface area contributed by atoms with E-state index in [0.717, 1.165) is 19.3 Å². The van der Waals surface area contributed by atoms with E-state index >= 15 is 0 Å². The van der Waals surface area contributed by atoms with Gasteiger partial charge in [0.2, 0.25) is 10.0 Å². The molecular formula is C20H25Cl2N3O2S. The van der Waals surface area contributed by atoms with Gasteiger partial charge in [-0.05, 0) is 42.5 Å². The summed E-state index contributed by atoms with van der Waals surface area (Å²) in [6, 6.07) is 15.9. The van der Waals surface area contributed by atoms with Crippen LogP contribution in [0, 0.1) is 0 Å². The van der Waals surface area contributed by atoms with Gasteiger partial charge in [-0.2, -0.15) is 0 Å². The van der Waals surface area contributed by atoms with Crippen LogP contribution in [0.5, 0.6) is 0 Å². The second-order valence-electron chi connectivity index (χ2n) is 7.15. The molecule has 0 saturated carbocycles. The zero-order chi connectivity index (χ0) is 20.1. The standard InChI is InChI=1S/C20H25Cl2N3O2S/c1-25(28(26,27)14-15-9-10-18(21)19(22)12-15)11-5-8-17-13-20(24-23-17)16-6-3-2-4-7-16/h2-4,6-7,9-10,12,17,20,23-24H,5,8,11,13-14H2,1H3. The van der Waals surface area contributed by atoms with Crippen LogP contribution in [0.25, 0.3) is 0 Å². The van der Waals surface area contributed by atoms with E-state index in [0.29, 0.717) is 34.2 Å². The highest BCUT2D eigenvalue weighted by Gasteiger charge is 2.25. The quantitative estimate of drug-likeness (QED) is 0.645. The molecule has 1 fully saturated rings. The number of hydrogen-bond donors (Lipinski definition) is 2. The lowest BCUT2D eigenvalue weighted by Gasteiger charge is -2.18. The predicted molar refractivity (Wildman–Crippen MR) is 115 cm³/mol. The van der Waals surface area contributed by atoms with E-state index < -0.39 is 10.0 Å². The summed E-state index contributed by atoms with van der Waals surface area (Å²) in [4.78, 5) is 0. The number of sulfonamides is 1. The summed E-state index contributed by atoms with van der Waals surface area (Å²) in [7, 11) is -1.77. The topological polar surface area (TPSA) is 61.4 Å². The number of nitrogens with zero attached hydrogens (tertiary/aromatic N) is 1. The summed E-state index contributed by atoms with van der Waals surface area (Å²) in [5.74, 6) is -0.0836. The Bertz CT molecular complexity index is 894. The first-order valence-corrected chi connectivity index (χ1v) is 11.7. The molecule has 8 heteroatoms. The van der Waals surface area contributed by atoms with Crippen LogP contribution in [0.2, 0.25) is 10.0 Å². The number of rotatable bonds is 8. The third kappa shape index (κ3) is 5.69. The summed E-state index contributed by atoms with van der Waals surface area (Å²) in [6.07, 6.45) is 2.69. The Morgan fingerprint density at radius 3 is 2.54 bits per heavy atom. The van der Waals surface area contributed by atoms with E-state index in [9.17, 15) is 8.42 Å². The first kappa shape index (κ1) is 21.6. The molecule has 5 nitrogen and oxygen atoms in total. The first-order valence-electron chi connectivity index (χ1n) is 9.29. The molecule has 0 spiro atoms. The number of hydrazine groups is 1. The molecular weight excluding hydrogens is 417 g/mol. The van der Waals surface area contributed by atoms with Gasteiger partial charge in [0, 0.05) is 25.7 Å². The highest BCUT2D eigenvalue weighted by Crippen LogP contribution is 2.25. The lowest BCUT2D eigenvalue weighted by molar-refractivity contribution is 0.427. The Hall–Kier alpha value is -1.15. The van der Waals surface area contributed by atoms with Crippen LogP contribution in [0.15, 0.2) is 48.5 Å². The monoisotopic (exact) mass is 441 g/mol. The van der Waals surface area contributed by atoms with Gasteiger partial charge in [-0.1, -0.05) is 59.6 Å². The van der Waals surface area contributed by atoms with Gasteiger partial charge in [-0.3, -0.25) is 10.9 Å². The minimum Gasteiger partial charge on any atom is -0.254 e. The van der Waals surface area contributed by atoms with Crippen molar-refractivity contribution in [1.82, 2.24) is 15.2 Å². The Morgan fingerprint density at radius 2 is 1.82 bits per heavy atom. The van der Waals surface area contributed by atoms with Crippen molar-refractivity contribution in [2.75, 3.05) is 13.6 Å². The molecule has 1 heterocycles. The normalized spacial score (nSPS) is 20.0. The molecule has 2 atom stereocenters. The molecule has 0 radical (unpaired) electrons. The van der Waals surface area contributed by atoms with Gasteiger partial charge < -0.3 is 0 Å². The smallest absolute Gasteiger partial charge is 0.218 e. The van der Waals surface area contributed by atoms with Crippen LogP contribution in [-0.4, -0.2) is 32.4 Å². The van der Waals surface area contributed by atoms with Crippen LogP contribution in [0.3, 0.4) is 0 Å². The number of halogens is 2. The van der Waals surface area contributed by atoms with Crippen LogP contribution >= 0.6 is 23.2 Å². The van der Waals surface area contributed by atoms with Crippen molar-refractivity contribution >= 4 is 33.2 Å². The van der Waals surface area contributed by atoms with Crippen molar-refractivity contribution in [1.29, 1.82) is 0 Å². The third-order valence-corrected chi connectivity index (χ3v) is 7.59. The highest BCUT2D eigenvalue weighted by atomic mass is 35.5. The maximum atomic E-state index is 12.6. The molecule has 2 aromatic rings. The average molecular weight is 442 g/mol. The maximum Gasteiger partial charge on any atom is 0.218 e. The molecule has 1 aliphatic heterocycles. The Kier molecular flexibility index (Phi) is 7.36. The van der Waals surface area contributed by atoms with Crippen LogP contribution in [0.1, 0.15) is 36.4 Å². The van der Waals surface area contributed by atoms with Gasteiger partial charge in [0.05, 0.1) is 15.8 Å². The van der Waals surface area contributed by atoms with Gasteiger partial charge in [0.25, 0.3) is 0 Å². The molecule has 0 aliphatic carbocycles. The van der Waals surface area contributed by atoms with Crippen LogP contribution < -0.4 is 10.9 Å². The van der Waals surface area contributed by atoms with Crippen molar-refractivity contribution in [3.05, 3.63) is 69.7 Å². The lowest BCUT2D eigenvalue weighted by Crippen LogP contribution is -2.33. The fourth-order valence-corrected chi connectivity index (χ4v) is 4.91. The van der Waals surface area contributed by atoms with Crippen LogP contribution in [0.4, 0.5) is 0 Å². The van der Waals surface area contributed by atoms with E-state index in [2.05, 4.69) is 23.0 Å². The van der Waals surface area contributed by atoms with E-state index in [4.69, 9.17) is 23.2 Å². The Morgan fingerprint density at radius 1 is 1.07 bits per heavy atom. The summed E-state index contributed by atoms with van der Waals surface area (Å²) in [5.41, 5.74) is 8.55. The van der Waals surface area contributed by atoms with Crippen molar-refractivity contribution < 1.29 is 8.42 Å².